The smallest absolute Gasteiger partial charge is 0.129 e. The van der Waals surface area contributed by atoms with Gasteiger partial charge in [0, 0.05) is 18.3 Å². The minimum Gasteiger partial charge on any atom is -0.370 e. The normalized spacial score (nSPS) is 12.5. The number of rotatable bonds is 5. The van der Waals surface area contributed by atoms with Crippen molar-refractivity contribution in [2.45, 2.75) is 20.8 Å². The summed E-state index contributed by atoms with van der Waals surface area (Å²) in [7, 11) is 1.97. The van der Waals surface area contributed by atoms with E-state index in [4.69, 9.17) is 0 Å². The number of nitrogens with one attached hydrogen (secondary N) is 2. The predicted octanol–water partition coefficient (Wildman–Crippen LogP) is 1.36. The van der Waals surface area contributed by atoms with E-state index >= 15 is 0 Å². The SMILES string of the molecule is CNCC(C)CNc1cc(C)nc(C)n1. The Balaban J connectivity index is 2.50. The van der Waals surface area contributed by atoms with Crippen molar-refractivity contribution in [3.8, 4) is 0 Å². The Hall–Kier alpha value is -1.16. The third-order valence-electron chi connectivity index (χ3n) is 2.15. The summed E-state index contributed by atoms with van der Waals surface area (Å²) < 4.78 is 0. The minimum absolute atomic E-state index is 0.588. The maximum absolute atomic E-state index is 4.32. The van der Waals surface area contributed by atoms with Crippen LogP contribution in [-0.4, -0.2) is 30.1 Å². The van der Waals surface area contributed by atoms with Crippen molar-refractivity contribution in [1.82, 2.24) is 15.3 Å². The standard InChI is InChI=1S/C11H20N4/c1-8(6-12-4)7-13-11-5-9(2)14-10(3)15-11/h5,8,12H,6-7H2,1-4H3,(H,13,14,15). The molecule has 0 amide bonds. The van der Waals surface area contributed by atoms with E-state index in [2.05, 4.69) is 27.5 Å². The van der Waals surface area contributed by atoms with Crippen molar-refractivity contribution in [3.05, 3.63) is 17.6 Å². The molecule has 1 unspecified atom stereocenters. The first kappa shape index (κ1) is 11.9. The van der Waals surface area contributed by atoms with E-state index in [-0.39, 0.29) is 0 Å². The molecule has 2 N–H and O–H groups in total. The fraction of sp³-hybridized carbons (Fsp3) is 0.636. The highest BCUT2D eigenvalue weighted by atomic mass is 15.0. The van der Waals surface area contributed by atoms with Crippen LogP contribution in [-0.2, 0) is 0 Å². The van der Waals surface area contributed by atoms with Gasteiger partial charge in [-0.25, -0.2) is 9.97 Å². The van der Waals surface area contributed by atoms with Crippen molar-refractivity contribution in [2.24, 2.45) is 5.92 Å². The molecule has 0 bridgehead atoms. The molecule has 4 nitrogen and oxygen atoms in total. The summed E-state index contributed by atoms with van der Waals surface area (Å²) in [4.78, 5) is 8.56. The van der Waals surface area contributed by atoms with Crippen molar-refractivity contribution < 1.29 is 0 Å². The van der Waals surface area contributed by atoms with Gasteiger partial charge in [0.15, 0.2) is 0 Å². The van der Waals surface area contributed by atoms with Gasteiger partial charge in [-0.15, -0.1) is 0 Å². The summed E-state index contributed by atoms with van der Waals surface area (Å²) in [5, 5.41) is 6.47. The number of hydrogen-bond acceptors (Lipinski definition) is 4. The lowest BCUT2D eigenvalue weighted by Gasteiger charge is -2.12. The van der Waals surface area contributed by atoms with E-state index in [1.807, 2.05) is 27.0 Å². The largest absolute Gasteiger partial charge is 0.370 e. The van der Waals surface area contributed by atoms with Crippen LogP contribution in [0.5, 0.6) is 0 Å². The summed E-state index contributed by atoms with van der Waals surface area (Å²) in [5.74, 6) is 2.33. The second kappa shape index (κ2) is 5.66. The number of anilines is 1. The number of aryl methyl sites for hydroxylation is 2. The Labute approximate surface area is 91.5 Å². The Kier molecular flexibility index (Phi) is 4.49. The van der Waals surface area contributed by atoms with Crippen molar-refractivity contribution >= 4 is 5.82 Å². The number of nitrogens with zero attached hydrogens (tertiary/aromatic N) is 2. The molecule has 0 aliphatic heterocycles. The van der Waals surface area contributed by atoms with Crippen molar-refractivity contribution in [3.63, 3.8) is 0 Å². The van der Waals surface area contributed by atoms with Crippen LogP contribution in [0.3, 0.4) is 0 Å². The monoisotopic (exact) mass is 208 g/mol. The molecule has 0 fully saturated rings. The molecule has 0 saturated heterocycles. The molecule has 4 heteroatoms. The van der Waals surface area contributed by atoms with Gasteiger partial charge in [0.2, 0.25) is 0 Å². The average Bonchev–Trinajstić information content (AvgIpc) is 2.14. The highest BCUT2D eigenvalue weighted by Gasteiger charge is 2.02. The summed E-state index contributed by atoms with van der Waals surface area (Å²) in [5.41, 5.74) is 1.01. The topological polar surface area (TPSA) is 49.8 Å². The molecule has 84 valence electrons. The van der Waals surface area contributed by atoms with Gasteiger partial charge in [-0.05, 0) is 33.4 Å². The molecule has 1 heterocycles. The van der Waals surface area contributed by atoms with Gasteiger partial charge >= 0.3 is 0 Å². The fourth-order valence-corrected chi connectivity index (χ4v) is 1.51. The number of aromatic nitrogens is 2. The van der Waals surface area contributed by atoms with E-state index in [9.17, 15) is 0 Å². The maximum atomic E-state index is 4.32. The quantitative estimate of drug-likeness (QED) is 0.767. The highest BCUT2D eigenvalue weighted by Crippen LogP contribution is 2.06. The molecule has 0 aromatic carbocycles. The van der Waals surface area contributed by atoms with Gasteiger partial charge < -0.3 is 10.6 Å². The van der Waals surface area contributed by atoms with Crippen molar-refractivity contribution in [1.29, 1.82) is 0 Å². The molecule has 1 aromatic heterocycles. The van der Waals surface area contributed by atoms with E-state index in [0.717, 1.165) is 30.4 Å². The summed E-state index contributed by atoms with van der Waals surface area (Å²) in [6, 6.07) is 1.97. The molecule has 0 spiro atoms. The second-order valence-corrected chi connectivity index (χ2v) is 3.99. The molecular weight excluding hydrogens is 188 g/mol. The van der Waals surface area contributed by atoms with Gasteiger partial charge in [-0.2, -0.15) is 0 Å². The molecule has 15 heavy (non-hydrogen) atoms. The zero-order valence-electron chi connectivity index (χ0n) is 9.96. The summed E-state index contributed by atoms with van der Waals surface area (Å²) in [6.07, 6.45) is 0. The fourth-order valence-electron chi connectivity index (χ4n) is 1.51. The molecule has 0 aliphatic carbocycles. The van der Waals surface area contributed by atoms with Gasteiger partial charge in [0.1, 0.15) is 11.6 Å². The van der Waals surface area contributed by atoms with Gasteiger partial charge in [0.05, 0.1) is 0 Å². The van der Waals surface area contributed by atoms with E-state index in [1.165, 1.54) is 0 Å². The van der Waals surface area contributed by atoms with E-state index in [0.29, 0.717) is 5.92 Å². The second-order valence-electron chi connectivity index (χ2n) is 3.99. The summed E-state index contributed by atoms with van der Waals surface area (Å²) >= 11 is 0. The van der Waals surface area contributed by atoms with Crippen LogP contribution in [0.25, 0.3) is 0 Å². The van der Waals surface area contributed by atoms with E-state index < -0.39 is 0 Å². The predicted molar refractivity (Wildman–Crippen MR) is 63.1 cm³/mol. The van der Waals surface area contributed by atoms with Crippen LogP contribution in [0.1, 0.15) is 18.4 Å². The first-order chi connectivity index (χ1) is 7.11. The minimum atomic E-state index is 0.588. The Morgan fingerprint density at radius 1 is 1.27 bits per heavy atom. The van der Waals surface area contributed by atoms with Crippen molar-refractivity contribution in [2.75, 3.05) is 25.5 Å². The average molecular weight is 208 g/mol. The lowest BCUT2D eigenvalue weighted by atomic mass is 10.2. The Bertz CT molecular complexity index is 291. The molecule has 0 saturated carbocycles. The molecule has 1 aromatic rings. The summed E-state index contributed by atoms with van der Waals surface area (Å²) in [6.45, 7) is 8.03. The molecular formula is C11H20N4. The third-order valence-corrected chi connectivity index (χ3v) is 2.15. The van der Waals surface area contributed by atoms with Crippen LogP contribution in [0, 0.1) is 19.8 Å². The molecule has 0 radical (unpaired) electrons. The Morgan fingerprint density at radius 2 is 2.00 bits per heavy atom. The van der Waals surface area contributed by atoms with Crippen LogP contribution in [0.15, 0.2) is 6.07 Å². The van der Waals surface area contributed by atoms with Crippen LogP contribution in [0.2, 0.25) is 0 Å². The Morgan fingerprint density at radius 3 is 2.60 bits per heavy atom. The van der Waals surface area contributed by atoms with Crippen LogP contribution in [0.4, 0.5) is 5.82 Å². The molecule has 1 atom stereocenters. The maximum Gasteiger partial charge on any atom is 0.129 e. The third kappa shape index (κ3) is 4.25. The lowest BCUT2D eigenvalue weighted by molar-refractivity contribution is 0.568. The zero-order chi connectivity index (χ0) is 11.3. The molecule has 0 aliphatic rings. The van der Waals surface area contributed by atoms with E-state index in [1.54, 1.807) is 0 Å². The van der Waals surface area contributed by atoms with Gasteiger partial charge in [0.25, 0.3) is 0 Å². The van der Waals surface area contributed by atoms with Gasteiger partial charge in [-0.1, -0.05) is 6.92 Å². The first-order valence-corrected chi connectivity index (χ1v) is 5.32. The lowest BCUT2D eigenvalue weighted by Crippen LogP contribution is -2.23. The van der Waals surface area contributed by atoms with Crippen LogP contribution < -0.4 is 10.6 Å². The first-order valence-electron chi connectivity index (χ1n) is 5.32. The zero-order valence-corrected chi connectivity index (χ0v) is 9.96. The highest BCUT2D eigenvalue weighted by molar-refractivity contribution is 5.35. The van der Waals surface area contributed by atoms with Gasteiger partial charge in [-0.3, -0.25) is 0 Å². The molecule has 1 rings (SSSR count). The number of hydrogen-bond donors (Lipinski definition) is 2. The van der Waals surface area contributed by atoms with Crippen LogP contribution >= 0.6 is 0 Å².